The van der Waals surface area contributed by atoms with Crippen molar-refractivity contribution in [2.45, 2.75) is 13.3 Å². The molecule has 3 heteroatoms. The van der Waals surface area contributed by atoms with Gasteiger partial charge in [-0.1, -0.05) is 36.9 Å². The molecule has 0 aromatic heterocycles. The van der Waals surface area contributed by atoms with Crippen LogP contribution in [0.25, 0.3) is 6.08 Å². The molecule has 0 fully saturated rings. The minimum absolute atomic E-state index is 0.0557. The largest absolute Gasteiger partial charge is 0.507 e. The van der Waals surface area contributed by atoms with Gasteiger partial charge in [0.05, 0.1) is 0 Å². The zero-order chi connectivity index (χ0) is 11.5. The molecule has 1 N–H and O–H groups in total. The number of carbonyl (C=O) groups is 1. The Kier molecular flexibility index (Phi) is 3.15. The normalized spacial score (nSPS) is 17.9. The van der Waals surface area contributed by atoms with Crippen molar-refractivity contribution in [1.82, 2.24) is 0 Å². The summed E-state index contributed by atoms with van der Waals surface area (Å²) in [7, 11) is 0. The maximum atomic E-state index is 11.6. The van der Waals surface area contributed by atoms with E-state index < -0.39 is 0 Å². The molecule has 1 aliphatic rings. The van der Waals surface area contributed by atoms with Crippen molar-refractivity contribution in [2.24, 2.45) is 0 Å². The third-order valence-electron chi connectivity index (χ3n) is 2.37. The summed E-state index contributed by atoms with van der Waals surface area (Å²) in [6.07, 6.45) is 4.49. The smallest absolute Gasteiger partial charge is 0.223 e. The van der Waals surface area contributed by atoms with Gasteiger partial charge < -0.3 is 5.11 Å². The number of rotatable bonds is 2. The van der Waals surface area contributed by atoms with Crippen LogP contribution < -0.4 is 0 Å². The molecule has 0 aliphatic carbocycles. The van der Waals surface area contributed by atoms with E-state index in [0.717, 1.165) is 11.3 Å². The lowest BCUT2D eigenvalue weighted by Crippen LogP contribution is -1.87. The van der Waals surface area contributed by atoms with Gasteiger partial charge in [0.1, 0.15) is 5.75 Å². The highest BCUT2D eigenvalue weighted by atomic mass is 32.2. The van der Waals surface area contributed by atoms with Crippen LogP contribution >= 0.6 is 11.8 Å². The van der Waals surface area contributed by atoms with E-state index in [-0.39, 0.29) is 10.9 Å². The molecule has 1 aromatic carbocycles. The van der Waals surface area contributed by atoms with E-state index in [1.165, 1.54) is 11.8 Å². The molecule has 1 aliphatic heterocycles. The lowest BCUT2D eigenvalue weighted by molar-refractivity contribution is -0.107. The maximum Gasteiger partial charge on any atom is 0.223 e. The molecular formula is C13H12O2S. The zero-order valence-corrected chi connectivity index (χ0v) is 9.75. The Morgan fingerprint density at radius 3 is 2.75 bits per heavy atom. The summed E-state index contributed by atoms with van der Waals surface area (Å²) < 4.78 is 0. The second kappa shape index (κ2) is 4.58. The monoisotopic (exact) mass is 232 g/mol. The van der Waals surface area contributed by atoms with Crippen molar-refractivity contribution in [3.8, 4) is 5.75 Å². The Morgan fingerprint density at radius 1 is 1.38 bits per heavy atom. The van der Waals surface area contributed by atoms with Crippen molar-refractivity contribution in [1.29, 1.82) is 0 Å². The molecular weight excluding hydrogens is 220 g/mol. The Hall–Kier alpha value is -1.48. The number of hydrogen-bond donors (Lipinski definition) is 1. The number of carbonyl (C=O) groups excluding carboxylic acids is 1. The van der Waals surface area contributed by atoms with Crippen LogP contribution in [0.3, 0.4) is 0 Å². The van der Waals surface area contributed by atoms with Crippen LogP contribution in [0, 0.1) is 0 Å². The van der Waals surface area contributed by atoms with Gasteiger partial charge in [-0.2, -0.15) is 0 Å². The van der Waals surface area contributed by atoms with Gasteiger partial charge in [-0.25, -0.2) is 0 Å². The van der Waals surface area contributed by atoms with E-state index >= 15 is 0 Å². The van der Waals surface area contributed by atoms with E-state index in [0.29, 0.717) is 11.1 Å². The fraction of sp³-hybridized carbons (Fsp3) is 0.154. The molecule has 0 unspecified atom stereocenters. The SMILES string of the molecule is CCC1=C/C(=C\c2ccccc2O)C(=O)S1. The lowest BCUT2D eigenvalue weighted by atomic mass is 10.1. The standard InChI is InChI=1S/C13H12O2S/c1-2-11-8-10(13(15)16-11)7-9-5-3-4-6-12(9)14/h3-8,14H,2H2,1H3/b10-7+. The first-order valence-corrected chi connectivity index (χ1v) is 5.95. The first kappa shape index (κ1) is 11.0. The number of para-hydroxylation sites is 1. The number of hydrogen-bond acceptors (Lipinski definition) is 3. The Morgan fingerprint density at radius 2 is 2.12 bits per heavy atom. The molecule has 0 saturated carbocycles. The fourth-order valence-corrected chi connectivity index (χ4v) is 2.30. The van der Waals surface area contributed by atoms with Gasteiger partial charge in [0.15, 0.2) is 0 Å². The average Bonchev–Trinajstić information content (AvgIpc) is 2.63. The Labute approximate surface area is 98.7 Å². The lowest BCUT2D eigenvalue weighted by Gasteiger charge is -1.98. The summed E-state index contributed by atoms with van der Waals surface area (Å²) in [5.41, 5.74) is 1.34. The summed E-state index contributed by atoms with van der Waals surface area (Å²) in [5.74, 6) is 0.200. The van der Waals surface area contributed by atoms with Crippen molar-refractivity contribution >= 4 is 23.0 Å². The third-order valence-corrected chi connectivity index (χ3v) is 3.46. The van der Waals surface area contributed by atoms with Crippen molar-refractivity contribution in [2.75, 3.05) is 0 Å². The van der Waals surface area contributed by atoms with Crippen LogP contribution in [0.4, 0.5) is 0 Å². The van der Waals surface area contributed by atoms with Gasteiger partial charge in [0.2, 0.25) is 5.12 Å². The second-order valence-electron chi connectivity index (χ2n) is 3.51. The topological polar surface area (TPSA) is 37.3 Å². The second-order valence-corrected chi connectivity index (χ2v) is 4.61. The summed E-state index contributed by atoms with van der Waals surface area (Å²) in [6, 6.07) is 7.00. The summed E-state index contributed by atoms with van der Waals surface area (Å²) in [5, 5.41) is 9.65. The molecule has 0 spiro atoms. The summed E-state index contributed by atoms with van der Waals surface area (Å²) in [4.78, 5) is 12.7. The maximum absolute atomic E-state index is 11.6. The molecule has 0 atom stereocenters. The zero-order valence-electron chi connectivity index (χ0n) is 8.93. The highest BCUT2D eigenvalue weighted by Gasteiger charge is 2.18. The summed E-state index contributed by atoms with van der Waals surface area (Å²) >= 11 is 1.27. The molecule has 2 rings (SSSR count). The van der Waals surface area contributed by atoms with Gasteiger partial charge in [-0.05, 0) is 29.5 Å². The first-order valence-electron chi connectivity index (χ1n) is 5.13. The van der Waals surface area contributed by atoms with Crippen LogP contribution in [-0.2, 0) is 4.79 Å². The number of benzene rings is 1. The van der Waals surface area contributed by atoms with Gasteiger partial charge in [-0.15, -0.1) is 0 Å². The highest BCUT2D eigenvalue weighted by molar-refractivity contribution is 8.17. The number of allylic oxidation sites excluding steroid dienone is 2. The predicted octanol–water partition coefficient (Wildman–Crippen LogP) is 3.34. The number of phenolic OH excluding ortho intramolecular Hbond substituents is 1. The quantitative estimate of drug-likeness (QED) is 0.794. The van der Waals surface area contributed by atoms with Gasteiger partial charge in [0, 0.05) is 11.1 Å². The highest BCUT2D eigenvalue weighted by Crippen LogP contribution is 2.34. The molecule has 0 saturated heterocycles. The van der Waals surface area contributed by atoms with E-state index in [2.05, 4.69) is 0 Å². The fourth-order valence-electron chi connectivity index (χ4n) is 1.49. The Bertz CT molecular complexity index is 486. The van der Waals surface area contributed by atoms with Crippen molar-refractivity contribution < 1.29 is 9.90 Å². The number of phenols is 1. The van der Waals surface area contributed by atoms with Crippen LogP contribution in [0.15, 0.2) is 40.8 Å². The Balaban J connectivity index is 2.35. The van der Waals surface area contributed by atoms with Crippen molar-refractivity contribution in [3.63, 3.8) is 0 Å². The summed E-state index contributed by atoms with van der Waals surface area (Å²) in [6.45, 7) is 2.02. The molecule has 0 radical (unpaired) electrons. The molecule has 2 nitrogen and oxygen atoms in total. The molecule has 1 aromatic rings. The van der Waals surface area contributed by atoms with Crippen LogP contribution in [0.2, 0.25) is 0 Å². The minimum Gasteiger partial charge on any atom is -0.507 e. The third kappa shape index (κ3) is 2.19. The van der Waals surface area contributed by atoms with E-state index in [4.69, 9.17) is 0 Å². The van der Waals surface area contributed by atoms with E-state index in [1.807, 2.05) is 19.1 Å². The first-order chi connectivity index (χ1) is 7.70. The minimum atomic E-state index is 0.0557. The van der Waals surface area contributed by atoms with Crippen molar-refractivity contribution in [3.05, 3.63) is 46.4 Å². The number of aromatic hydroxyl groups is 1. The molecule has 82 valence electrons. The average molecular weight is 232 g/mol. The van der Waals surface area contributed by atoms with E-state index in [1.54, 1.807) is 24.3 Å². The van der Waals surface area contributed by atoms with Crippen LogP contribution in [0.5, 0.6) is 5.75 Å². The number of thioether (sulfide) groups is 1. The van der Waals surface area contributed by atoms with Crippen LogP contribution in [0.1, 0.15) is 18.9 Å². The molecule has 1 heterocycles. The van der Waals surface area contributed by atoms with Gasteiger partial charge in [0.25, 0.3) is 0 Å². The van der Waals surface area contributed by atoms with Gasteiger partial charge in [-0.3, -0.25) is 4.79 Å². The molecule has 16 heavy (non-hydrogen) atoms. The van der Waals surface area contributed by atoms with E-state index in [9.17, 15) is 9.90 Å². The van der Waals surface area contributed by atoms with Gasteiger partial charge >= 0.3 is 0 Å². The predicted molar refractivity (Wildman–Crippen MR) is 67.1 cm³/mol. The van der Waals surface area contributed by atoms with Crippen LogP contribution in [-0.4, -0.2) is 10.2 Å². The molecule has 0 amide bonds. The molecule has 0 bridgehead atoms.